The van der Waals surface area contributed by atoms with Gasteiger partial charge in [-0.2, -0.15) is 5.10 Å². The van der Waals surface area contributed by atoms with Gasteiger partial charge in [0.2, 0.25) is 11.9 Å². The van der Waals surface area contributed by atoms with Gasteiger partial charge in [0.05, 0.1) is 4.92 Å². The largest absolute Gasteiger partial charge is 0.307 e. The lowest BCUT2D eigenvalue weighted by Crippen LogP contribution is -2.20. The molecule has 0 bridgehead atoms. The van der Waals surface area contributed by atoms with Crippen molar-refractivity contribution in [3.63, 3.8) is 0 Å². The molecule has 0 spiro atoms. The van der Waals surface area contributed by atoms with E-state index in [1.54, 1.807) is 19.9 Å². The summed E-state index contributed by atoms with van der Waals surface area (Å²) < 4.78 is 1.18. The van der Waals surface area contributed by atoms with Gasteiger partial charge in [0.25, 0.3) is 0 Å². The Morgan fingerprint density at radius 1 is 1.40 bits per heavy atom. The highest BCUT2D eigenvalue weighted by molar-refractivity contribution is 5.88. The van der Waals surface area contributed by atoms with Crippen molar-refractivity contribution in [2.75, 3.05) is 5.32 Å². The van der Waals surface area contributed by atoms with Crippen molar-refractivity contribution in [1.29, 1.82) is 0 Å². The zero-order valence-electron chi connectivity index (χ0n) is 10.9. The lowest BCUT2D eigenvalue weighted by molar-refractivity contribution is -0.385. The third-order valence-electron chi connectivity index (χ3n) is 2.37. The maximum atomic E-state index is 11.8. The van der Waals surface area contributed by atoms with Crippen LogP contribution in [0.3, 0.4) is 0 Å². The minimum Gasteiger partial charge on any atom is -0.293 e. The van der Waals surface area contributed by atoms with Gasteiger partial charge in [0.1, 0.15) is 18.9 Å². The first-order valence-electron chi connectivity index (χ1n) is 5.73. The minimum absolute atomic E-state index is 0.149. The molecule has 0 saturated heterocycles. The summed E-state index contributed by atoms with van der Waals surface area (Å²) in [7, 11) is 0. The number of rotatable bonds is 4. The first-order valence-corrected chi connectivity index (χ1v) is 5.73. The number of hydrogen-bond acceptors (Lipinski definition) is 6. The number of nitrogens with zero attached hydrogens (tertiary/aromatic N) is 5. The van der Waals surface area contributed by atoms with Crippen LogP contribution in [-0.2, 0) is 11.3 Å². The summed E-state index contributed by atoms with van der Waals surface area (Å²) in [5.74, 6) is -0.206. The van der Waals surface area contributed by atoms with Crippen LogP contribution in [0.25, 0.3) is 0 Å². The number of carbonyl (C=O) groups is 1. The predicted molar refractivity (Wildman–Crippen MR) is 69.0 cm³/mol. The Kier molecular flexibility index (Phi) is 3.69. The molecule has 2 aromatic heterocycles. The Hall–Kier alpha value is -2.84. The Labute approximate surface area is 113 Å². The number of aromatic nitrogens is 4. The number of hydrogen-bond donors (Lipinski definition) is 1. The minimum atomic E-state index is -0.575. The summed E-state index contributed by atoms with van der Waals surface area (Å²) in [5, 5.41) is 16.7. The Morgan fingerprint density at radius 3 is 2.60 bits per heavy atom. The molecule has 0 aromatic carbocycles. The van der Waals surface area contributed by atoms with Crippen molar-refractivity contribution in [3.05, 3.63) is 40.0 Å². The number of carbonyl (C=O) groups excluding carboxylic acids is 1. The van der Waals surface area contributed by atoms with E-state index in [0.717, 1.165) is 17.6 Å². The number of amides is 1. The second kappa shape index (κ2) is 5.43. The van der Waals surface area contributed by atoms with E-state index in [1.807, 2.05) is 0 Å². The van der Waals surface area contributed by atoms with Gasteiger partial charge < -0.3 is 0 Å². The molecule has 104 valence electrons. The molecule has 20 heavy (non-hydrogen) atoms. The molecular formula is C11H12N6O3. The van der Waals surface area contributed by atoms with Crippen molar-refractivity contribution >= 4 is 17.5 Å². The normalized spacial score (nSPS) is 10.3. The molecule has 0 saturated carbocycles. The molecule has 0 aliphatic carbocycles. The second-order valence-electron chi connectivity index (χ2n) is 4.18. The number of nitro groups is 1. The van der Waals surface area contributed by atoms with Crippen LogP contribution in [0.15, 0.2) is 18.5 Å². The highest BCUT2D eigenvalue weighted by atomic mass is 16.6. The van der Waals surface area contributed by atoms with Gasteiger partial charge in [-0.05, 0) is 19.9 Å². The summed E-state index contributed by atoms with van der Waals surface area (Å²) in [4.78, 5) is 29.8. The average Bonchev–Trinajstić information content (AvgIpc) is 2.75. The van der Waals surface area contributed by atoms with E-state index in [1.165, 1.54) is 10.9 Å². The molecule has 9 nitrogen and oxygen atoms in total. The molecule has 0 fully saturated rings. The highest BCUT2D eigenvalue weighted by Crippen LogP contribution is 2.08. The van der Waals surface area contributed by atoms with Gasteiger partial charge in [-0.25, -0.2) is 9.97 Å². The maximum absolute atomic E-state index is 11.8. The van der Waals surface area contributed by atoms with Crippen LogP contribution >= 0.6 is 0 Å². The summed E-state index contributed by atoms with van der Waals surface area (Å²) >= 11 is 0. The van der Waals surface area contributed by atoms with Crippen LogP contribution in [0, 0.1) is 24.0 Å². The number of aryl methyl sites for hydroxylation is 2. The van der Waals surface area contributed by atoms with E-state index in [0.29, 0.717) is 0 Å². The molecule has 2 heterocycles. The fourth-order valence-corrected chi connectivity index (χ4v) is 1.63. The fourth-order valence-electron chi connectivity index (χ4n) is 1.63. The average molecular weight is 276 g/mol. The third kappa shape index (κ3) is 3.34. The van der Waals surface area contributed by atoms with Crippen LogP contribution < -0.4 is 5.32 Å². The maximum Gasteiger partial charge on any atom is 0.307 e. The van der Waals surface area contributed by atoms with Crippen LogP contribution in [0.2, 0.25) is 0 Å². The number of nitrogens with one attached hydrogen (secondary N) is 1. The van der Waals surface area contributed by atoms with Crippen molar-refractivity contribution in [1.82, 2.24) is 19.7 Å². The molecule has 2 rings (SSSR count). The lowest BCUT2D eigenvalue weighted by atomic mass is 10.4. The first-order chi connectivity index (χ1) is 9.44. The van der Waals surface area contributed by atoms with Gasteiger partial charge in [-0.1, -0.05) is 0 Å². The van der Waals surface area contributed by atoms with E-state index >= 15 is 0 Å². The molecule has 0 atom stereocenters. The topological polar surface area (TPSA) is 116 Å². The second-order valence-corrected chi connectivity index (χ2v) is 4.18. The molecule has 0 radical (unpaired) electrons. The van der Waals surface area contributed by atoms with Crippen molar-refractivity contribution in [3.8, 4) is 0 Å². The standard InChI is InChI=1S/C11H12N6O3/c1-7-3-8(2)14-11(13-7)15-10(18)6-16-5-9(4-12-16)17(19)20/h3-5H,6H2,1-2H3,(H,13,14,15,18). The summed E-state index contributed by atoms with van der Waals surface area (Å²) in [6.45, 7) is 3.44. The van der Waals surface area contributed by atoms with Crippen LogP contribution in [0.1, 0.15) is 11.4 Å². The zero-order valence-corrected chi connectivity index (χ0v) is 10.9. The third-order valence-corrected chi connectivity index (χ3v) is 2.37. The quantitative estimate of drug-likeness (QED) is 0.653. The van der Waals surface area contributed by atoms with E-state index in [9.17, 15) is 14.9 Å². The SMILES string of the molecule is Cc1cc(C)nc(NC(=O)Cn2cc([N+](=O)[O-])cn2)n1. The Morgan fingerprint density at radius 2 is 2.05 bits per heavy atom. The van der Waals surface area contributed by atoms with Gasteiger partial charge in [-0.3, -0.25) is 24.9 Å². The van der Waals surface area contributed by atoms with E-state index in [4.69, 9.17) is 0 Å². The molecule has 0 aliphatic heterocycles. The fraction of sp³-hybridized carbons (Fsp3) is 0.273. The predicted octanol–water partition coefficient (Wildman–Crippen LogP) is 0.837. The monoisotopic (exact) mass is 276 g/mol. The van der Waals surface area contributed by atoms with Gasteiger partial charge in [0.15, 0.2) is 0 Å². The molecule has 1 amide bonds. The molecule has 0 unspecified atom stereocenters. The van der Waals surface area contributed by atoms with Crippen LogP contribution in [-0.4, -0.2) is 30.6 Å². The molecule has 9 heteroatoms. The molecule has 1 N–H and O–H groups in total. The molecule has 0 aliphatic rings. The highest BCUT2D eigenvalue weighted by Gasteiger charge is 2.12. The Bertz CT molecular complexity index is 646. The number of anilines is 1. The molecular weight excluding hydrogens is 264 g/mol. The lowest BCUT2D eigenvalue weighted by Gasteiger charge is -2.05. The van der Waals surface area contributed by atoms with E-state index in [-0.39, 0.29) is 18.2 Å². The first kappa shape index (κ1) is 13.6. The van der Waals surface area contributed by atoms with Gasteiger partial charge in [0, 0.05) is 11.4 Å². The summed E-state index contributed by atoms with van der Waals surface area (Å²) in [6.07, 6.45) is 2.27. The zero-order chi connectivity index (χ0) is 14.7. The Balaban J connectivity index is 2.03. The van der Waals surface area contributed by atoms with E-state index < -0.39 is 10.8 Å². The van der Waals surface area contributed by atoms with Gasteiger partial charge in [-0.15, -0.1) is 0 Å². The van der Waals surface area contributed by atoms with Crippen molar-refractivity contribution in [2.45, 2.75) is 20.4 Å². The van der Waals surface area contributed by atoms with E-state index in [2.05, 4.69) is 20.4 Å². The molecule has 2 aromatic rings. The van der Waals surface area contributed by atoms with Crippen molar-refractivity contribution < 1.29 is 9.72 Å². The van der Waals surface area contributed by atoms with Crippen LogP contribution in [0.5, 0.6) is 0 Å². The summed E-state index contributed by atoms with van der Waals surface area (Å²) in [6, 6.07) is 1.78. The summed E-state index contributed by atoms with van der Waals surface area (Å²) in [5.41, 5.74) is 1.31. The van der Waals surface area contributed by atoms with Crippen LogP contribution in [0.4, 0.5) is 11.6 Å². The van der Waals surface area contributed by atoms with Crippen molar-refractivity contribution in [2.24, 2.45) is 0 Å². The smallest absolute Gasteiger partial charge is 0.293 e. The van der Waals surface area contributed by atoms with Gasteiger partial charge >= 0.3 is 5.69 Å².